The maximum atomic E-state index is 12.5. The molecule has 1 amide bonds. The highest BCUT2D eigenvalue weighted by Gasteiger charge is 2.29. The molecule has 26 heavy (non-hydrogen) atoms. The quantitative estimate of drug-likeness (QED) is 0.849. The minimum atomic E-state index is -3.43. The molecule has 0 bridgehead atoms. The molecule has 2 aromatic carbocycles. The number of nitrogens with two attached hydrogens (primary N) is 1. The number of hydrogen-bond donors (Lipinski definition) is 1. The Morgan fingerprint density at radius 2 is 1.92 bits per heavy atom. The maximum Gasteiger partial charge on any atom is 0.248 e. The minimum absolute atomic E-state index is 0.234. The number of rotatable bonds is 6. The summed E-state index contributed by atoms with van der Waals surface area (Å²) in [6.07, 6.45) is 3.16. The number of hydrogen-bond acceptors (Lipinski definition) is 3. The van der Waals surface area contributed by atoms with E-state index in [9.17, 15) is 13.2 Å². The van der Waals surface area contributed by atoms with Crippen LogP contribution in [0.4, 0.5) is 0 Å². The normalized spacial score (nSPS) is 18.4. The second kappa shape index (κ2) is 7.85. The van der Waals surface area contributed by atoms with Crippen LogP contribution in [0.5, 0.6) is 0 Å². The van der Waals surface area contributed by atoms with Gasteiger partial charge in [-0.3, -0.25) is 4.79 Å². The molecule has 0 aromatic heterocycles. The first-order chi connectivity index (χ1) is 12.4. The Labute approximate surface area is 154 Å². The Hall–Kier alpha value is -2.44. The Bertz CT molecular complexity index is 908. The van der Waals surface area contributed by atoms with Crippen molar-refractivity contribution in [3.05, 3.63) is 76.7 Å². The van der Waals surface area contributed by atoms with Crippen LogP contribution in [-0.2, 0) is 16.4 Å². The number of amides is 1. The van der Waals surface area contributed by atoms with Gasteiger partial charge in [-0.1, -0.05) is 42.5 Å². The van der Waals surface area contributed by atoms with Gasteiger partial charge in [0, 0.05) is 24.1 Å². The van der Waals surface area contributed by atoms with Crippen LogP contribution in [0.1, 0.15) is 27.9 Å². The third kappa shape index (κ3) is 4.59. The highest BCUT2D eigenvalue weighted by molar-refractivity contribution is 7.92. The molecule has 2 N–H and O–H groups in total. The fraction of sp³-hybridized carbons (Fsp3) is 0.250. The van der Waals surface area contributed by atoms with E-state index in [1.807, 2.05) is 42.5 Å². The summed E-state index contributed by atoms with van der Waals surface area (Å²) in [6.45, 7) is 1.00. The third-order valence-electron chi connectivity index (χ3n) is 4.58. The van der Waals surface area contributed by atoms with Crippen LogP contribution in [-0.4, -0.2) is 31.7 Å². The largest absolute Gasteiger partial charge is 0.366 e. The van der Waals surface area contributed by atoms with Crippen molar-refractivity contribution >= 4 is 22.0 Å². The lowest BCUT2D eigenvalue weighted by atomic mass is 9.97. The van der Waals surface area contributed by atoms with Gasteiger partial charge in [0.15, 0.2) is 0 Å². The lowest BCUT2D eigenvalue weighted by Gasteiger charge is -2.14. The molecule has 0 unspecified atom stereocenters. The summed E-state index contributed by atoms with van der Waals surface area (Å²) in [5.74, 6) is -0.216. The van der Waals surface area contributed by atoms with E-state index in [0.717, 1.165) is 24.0 Å². The SMILES string of the molecule is NC(=O)c1cccc(C[C@H]2CCN(S(=O)(=O)/C=C/c3ccccc3)C2)c1. The number of sulfonamides is 1. The van der Waals surface area contributed by atoms with E-state index in [1.165, 1.54) is 9.71 Å². The van der Waals surface area contributed by atoms with E-state index in [-0.39, 0.29) is 5.92 Å². The molecule has 6 heteroatoms. The van der Waals surface area contributed by atoms with Gasteiger partial charge in [-0.25, -0.2) is 8.42 Å². The van der Waals surface area contributed by atoms with E-state index in [1.54, 1.807) is 18.2 Å². The molecular weight excluding hydrogens is 348 g/mol. The topological polar surface area (TPSA) is 80.5 Å². The molecule has 1 atom stereocenters. The third-order valence-corrected chi connectivity index (χ3v) is 6.11. The lowest BCUT2D eigenvalue weighted by molar-refractivity contribution is 0.1000. The van der Waals surface area contributed by atoms with Gasteiger partial charge in [-0.15, -0.1) is 0 Å². The van der Waals surface area contributed by atoms with Gasteiger partial charge in [0.05, 0.1) is 0 Å². The molecule has 0 aliphatic carbocycles. The fourth-order valence-electron chi connectivity index (χ4n) is 3.19. The number of carbonyl (C=O) groups excluding carboxylic acids is 1. The second-order valence-electron chi connectivity index (χ2n) is 6.54. The predicted octanol–water partition coefficient (Wildman–Crippen LogP) is 2.65. The van der Waals surface area contributed by atoms with E-state index < -0.39 is 15.9 Å². The Kier molecular flexibility index (Phi) is 5.54. The molecule has 0 saturated carbocycles. The summed E-state index contributed by atoms with van der Waals surface area (Å²) in [4.78, 5) is 11.3. The molecule has 3 rings (SSSR count). The zero-order valence-electron chi connectivity index (χ0n) is 14.4. The summed E-state index contributed by atoms with van der Waals surface area (Å²) in [7, 11) is -3.43. The van der Waals surface area contributed by atoms with Crippen molar-refractivity contribution < 1.29 is 13.2 Å². The van der Waals surface area contributed by atoms with Crippen LogP contribution in [0, 0.1) is 5.92 Å². The van der Waals surface area contributed by atoms with Crippen LogP contribution in [0.2, 0.25) is 0 Å². The Balaban J connectivity index is 1.63. The average molecular weight is 370 g/mol. The van der Waals surface area contributed by atoms with Crippen molar-refractivity contribution in [2.24, 2.45) is 11.7 Å². The summed E-state index contributed by atoms with van der Waals surface area (Å²) in [5.41, 5.74) is 7.66. The molecule has 1 fully saturated rings. The van der Waals surface area contributed by atoms with Crippen LogP contribution in [0.25, 0.3) is 6.08 Å². The van der Waals surface area contributed by atoms with E-state index in [0.29, 0.717) is 18.7 Å². The molecule has 1 saturated heterocycles. The molecule has 1 heterocycles. The van der Waals surface area contributed by atoms with Gasteiger partial charge in [-0.05, 0) is 48.1 Å². The molecule has 5 nitrogen and oxygen atoms in total. The zero-order chi connectivity index (χ0) is 18.6. The standard InChI is InChI=1S/C20H22N2O3S/c21-20(23)19-8-4-7-17(14-19)13-18-9-11-22(15-18)26(24,25)12-10-16-5-2-1-3-6-16/h1-8,10,12,14,18H,9,11,13,15H2,(H2,21,23)/b12-10+/t18-/m1/s1. The highest BCUT2D eigenvalue weighted by Crippen LogP contribution is 2.24. The van der Waals surface area contributed by atoms with Crippen molar-refractivity contribution in [1.82, 2.24) is 4.31 Å². The summed E-state index contributed by atoms with van der Waals surface area (Å²) in [6, 6.07) is 16.6. The van der Waals surface area contributed by atoms with Gasteiger partial charge in [0.1, 0.15) is 0 Å². The van der Waals surface area contributed by atoms with Crippen molar-refractivity contribution in [1.29, 1.82) is 0 Å². The van der Waals surface area contributed by atoms with Gasteiger partial charge in [0.25, 0.3) is 0 Å². The van der Waals surface area contributed by atoms with Gasteiger partial charge in [-0.2, -0.15) is 4.31 Å². The number of nitrogens with zero attached hydrogens (tertiary/aromatic N) is 1. The van der Waals surface area contributed by atoms with E-state index in [2.05, 4.69) is 0 Å². The van der Waals surface area contributed by atoms with E-state index in [4.69, 9.17) is 5.73 Å². The van der Waals surface area contributed by atoms with E-state index >= 15 is 0 Å². The van der Waals surface area contributed by atoms with Gasteiger partial charge in [0.2, 0.25) is 15.9 Å². The zero-order valence-corrected chi connectivity index (χ0v) is 15.2. The minimum Gasteiger partial charge on any atom is -0.366 e. The molecule has 1 aliphatic heterocycles. The Morgan fingerprint density at radius 1 is 1.15 bits per heavy atom. The van der Waals surface area contributed by atoms with Crippen molar-refractivity contribution in [2.45, 2.75) is 12.8 Å². The van der Waals surface area contributed by atoms with Crippen LogP contribution >= 0.6 is 0 Å². The molecule has 2 aromatic rings. The fourth-order valence-corrected chi connectivity index (χ4v) is 4.47. The highest BCUT2D eigenvalue weighted by atomic mass is 32.2. The second-order valence-corrected chi connectivity index (χ2v) is 8.36. The van der Waals surface area contributed by atoms with Gasteiger partial charge >= 0.3 is 0 Å². The molecule has 0 radical (unpaired) electrons. The first-order valence-electron chi connectivity index (χ1n) is 8.56. The van der Waals surface area contributed by atoms with Crippen molar-refractivity contribution in [2.75, 3.05) is 13.1 Å². The van der Waals surface area contributed by atoms with Crippen LogP contribution in [0.15, 0.2) is 60.0 Å². The molecule has 1 aliphatic rings. The summed E-state index contributed by atoms with van der Waals surface area (Å²) < 4.78 is 26.6. The first kappa shape index (κ1) is 18.4. The number of benzene rings is 2. The Morgan fingerprint density at radius 3 is 2.65 bits per heavy atom. The van der Waals surface area contributed by atoms with Crippen LogP contribution in [0.3, 0.4) is 0 Å². The lowest BCUT2D eigenvalue weighted by Crippen LogP contribution is -2.27. The monoisotopic (exact) mass is 370 g/mol. The molecule has 136 valence electrons. The first-order valence-corrected chi connectivity index (χ1v) is 10.1. The average Bonchev–Trinajstić information content (AvgIpc) is 3.11. The molecule has 0 spiro atoms. The van der Waals surface area contributed by atoms with Crippen molar-refractivity contribution in [3.63, 3.8) is 0 Å². The van der Waals surface area contributed by atoms with Gasteiger partial charge < -0.3 is 5.73 Å². The molecular formula is C20H22N2O3S. The predicted molar refractivity (Wildman–Crippen MR) is 103 cm³/mol. The summed E-state index contributed by atoms with van der Waals surface area (Å²) in [5, 5.41) is 1.28. The van der Waals surface area contributed by atoms with Crippen molar-refractivity contribution in [3.8, 4) is 0 Å². The van der Waals surface area contributed by atoms with Crippen LogP contribution < -0.4 is 5.73 Å². The maximum absolute atomic E-state index is 12.5. The summed E-state index contributed by atoms with van der Waals surface area (Å²) >= 11 is 0. The number of carbonyl (C=O) groups is 1. The number of primary amides is 1. The smallest absolute Gasteiger partial charge is 0.248 e.